The van der Waals surface area contributed by atoms with Gasteiger partial charge in [-0.05, 0) is 31.1 Å². The second-order valence-electron chi connectivity index (χ2n) is 4.50. The topological polar surface area (TPSA) is 53.9 Å². The predicted octanol–water partition coefficient (Wildman–Crippen LogP) is 1.72. The Labute approximate surface area is 109 Å². The lowest BCUT2D eigenvalue weighted by molar-refractivity contribution is -0.130. The van der Waals surface area contributed by atoms with Gasteiger partial charge in [0.2, 0.25) is 5.91 Å². The Kier molecular flexibility index (Phi) is 2.87. The lowest BCUT2D eigenvalue weighted by Gasteiger charge is -2.15. The van der Waals surface area contributed by atoms with Gasteiger partial charge < -0.3 is 14.5 Å². The van der Waals surface area contributed by atoms with Crippen LogP contribution in [0.5, 0.6) is 0 Å². The number of amides is 1. The largest absolute Gasteiger partial charge is 0.341 e. The molecule has 5 nitrogen and oxygen atoms in total. The van der Waals surface area contributed by atoms with Crippen molar-refractivity contribution >= 4 is 29.2 Å². The molecule has 94 valence electrons. The van der Waals surface area contributed by atoms with Crippen LogP contribution in [0.2, 0.25) is 0 Å². The van der Waals surface area contributed by atoms with E-state index in [1.54, 1.807) is 12.4 Å². The molecule has 0 atom stereocenters. The minimum Gasteiger partial charge on any atom is -0.341 e. The number of carbonyl (C=O) groups excluding carboxylic acids is 1. The molecule has 2 aromatic heterocycles. The first-order chi connectivity index (χ1) is 8.75. The van der Waals surface area contributed by atoms with Crippen LogP contribution in [0.3, 0.4) is 0 Å². The number of aromatic nitrogens is 3. The Morgan fingerprint density at radius 3 is 3.00 bits per heavy atom. The molecule has 1 fully saturated rings. The molecule has 0 radical (unpaired) electrons. The lowest BCUT2D eigenvalue weighted by Crippen LogP contribution is -2.31. The summed E-state index contributed by atoms with van der Waals surface area (Å²) in [6.07, 6.45) is 5.65. The second kappa shape index (κ2) is 4.53. The van der Waals surface area contributed by atoms with Crippen molar-refractivity contribution in [2.45, 2.75) is 19.4 Å². The summed E-state index contributed by atoms with van der Waals surface area (Å²) in [6.45, 7) is 2.05. The average molecular weight is 262 g/mol. The number of aromatic amines is 1. The van der Waals surface area contributed by atoms with E-state index < -0.39 is 0 Å². The Morgan fingerprint density at radius 1 is 1.44 bits per heavy atom. The molecule has 3 rings (SSSR count). The molecular formula is C12H14N4OS. The number of H-pyrrole nitrogens is 1. The van der Waals surface area contributed by atoms with Gasteiger partial charge in [0.1, 0.15) is 6.54 Å². The molecule has 0 spiro atoms. The third-order valence-electron chi connectivity index (χ3n) is 3.33. The highest BCUT2D eigenvalue weighted by molar-refractivity contribution is 7.71. The molecule has 3 heterocycles. The number of fused-ring (bicyclic) bond motifs is 1. The summed E-state index contributed by atoms with van der Waals surface area (Å²) in [7, 11) is 0. The van der Waals surface area contributed by atoms with E-state index in [1.165, 1.54) is 0 Å². The monoisotopic (exact) mass is 262 g/mol. The number of nitrogens with one attached hydrogen (secondary N) is 1. The van der Waals surface area contributed by atoms with Crippen LogP contribution in [0.4, 0.5) is 0 Å². The summed E-state index contributed by atoms with van der Waals surface area (Å²) >= 11 is 5.25. The molecule has 1 amide bonds. The predicted molar refractivity (Wildman–Crippen MR) is 70.7 cm³/mol. The molecular weight excluding hydrogens is 248 g/mol. The minimum absolute atomic E-state index is 0.140. The van der Waals surface area contributed by atoms with E-state index in [1.807, 2.05) is 15.5 Å². The van der Waals surface area contributed by atoms with Gasteiger partial charge >= 0.3 is 0 Å². The first kappa shape index (κ1) is 11.4. The number of rotatable bonds is 2. The highest BCUT2D eigenvalue weighted by atomic mass is 32.1. The molecule has 2 aromatic rings. The minimum atomic E-state index is 0.140. The van der Waals surface area contributed by atoms with Gasteiger partial charge in [-0.3, -0.25) is 9.78 Å². The van der Waals surface area contributed by atoms with Gasteiger partial charge in [-0.1, -0.05) is 0 Å². The first-order valence-corrected chi connectivity index (χ1v) is 6.47. The van der Waals surface area contributed by atoms with Gasteiger partial charge in [0.05, 0.1) is 17.2 Å². The smallest absolute Gasteiger partial charge is 0.242 e. The SMILES string of the molecule is O=C(Cn1c(=S)[nH]c2cnccc21)N1CCCC1. The highest BCUT2D eigenvalue weighted by Gasteiger charge is 2.19. The molecule has 1 aliphatic rings. The number of nitrogens with zero attached hydrogens (tertiary/aromatic N) is 3. The number of hydrogen-bond donors (Lipinski definition) is 1. The summed E-state index contributed by atoms with van der Waals surface area (Å²) in [5, 5.41) is 0. The van der Waals surface area contributed by atoms with Gasteiger partial charge in [0.25, 0.3) is 0 Å². The maximum Gasteiger partial charge on any atom is 0.242 e. The fourth-order valence-electron chi connectivity index (χ4n) is 2.37. The van der Waals surface area contributed by atoms with Crippen LogP contribution in [0.1, 0.15) is 12.8 Å². The number of imidazole rings is 1. The van der Waals surface area contributed by atoms with Gasteiger partial charge in [-0.2, -0.15) is 0 Å². The lowest BCUT2D eigenvalue weighted by atomic mass is 10.4. The number of hydrogen-bond acceptors (Lipinski definition) is 3. The van der Waals surface area contributed by atoms with Crippen molar-refractivity contribution in [3.63, 3.8) is 0 Å². The van der Waals surface area contributed by atoms with Crippen molar-refractivity contribution in [3.8, 4) is 0 Å². The van der Waals surface area contributed by atoms with E-state index in [4.69, 9.17) is 12.2 Å². The van der Waals surface area contributed by atoms with Crippen LogP contribution in [0.25, 0.3) is 11.0 Å². The Balaban J connectivity index is 1.92. The Bertz CT molecular complexity index is 639. The van der Waals surface area contributed by atoms with E-state index in [2.05, 4.69) is 9.97 Å². The van der Waals surface area contributed by atoms with Crippen molar-refractivity contribution in [3.05, 3.63) is 23.2 Å². The van der Waals surface area contributed by atoms with Crippen LogP contribution in [-0.2, 0) is 11.3 Å². The van der Waals surface area contributed by atoms with Crippen LogP contribution >= 0.6 is 12.2 Å². The van der Waals surface area contributed by atoms with Gasteiger partial charge in [-0.25, -0.2) is 0 Å². The quantitative estimate of drug-likeness (QED) is 0.838. The average Bonchev–Trinajstić information content (AvgIpc) is 2.98. The summed E-state index contributed by atoms with van der Waals surface area (Å²) in [4.78, 5) is 21.1. The molecule has 1 N–H and O–H groups in total. The highest BCUT2D eigenvalue weighted by Crippen LogP contribution is 2.14. The second-order valence-corrected chi connectivity index (χ2v) is 4.88. The fraction of sp³-hybridized carbons (Fsp3) is 0.417. The molecule has 6 heteroatoms. The van der Waals surface area contributed by atoms with E-state index in [9.17, 15) is 4.79 Å². The summed E-state index contributed by atoms with van der Waals surface area (Å²) in [5.41, 5.74) is 1.80. The molecule has 0 unspecified atom stereocenters. The van der Waals surface area contributed by atoms with Crippen molar-refractivity contribution in [2.24, 2.45) is 0 Å². The zero-order chi connectivity index (χ0) is 12.5. The molecule has 0 aliphatic carbocycles. The molecule has 1 saturated heterocycles. The van der Waals surface area contributed by atoms with E-state index in [-0.39, 0.29) is 5.91 Å². The van der Waals surface area contributed by atoms with Crippen LogP contribution < -0.4 is 0 Å². The zero-order valence-electron chi connectivity index (χ0n) is 9.93. The van der Waals surface area contributed by atoms with Crippen LogP contribution in [-0.4, -0.2) is 38.4 Å². The van der Waals surface area contributed by atoms with Gasteiger partial charge in [0.15, 0.2) is 4.77 Å². The van der Waals surface area contributed by atoms with E-state index in [0.29, 0.717) is 11.3 Å². The summed E-state index contributed by atoms with van der Waals surface area (Å²) in [6, 6.07) is 1.87. The van der Waals surface area contributed by atoms with Gasteiger partial charge in [0, 0.05) is 19.3 Å². The Morgan fingerprint density at radius 2 is 2.22 bits per heavy atom. The van der Waals surface area contributed by atoms with E-state index in [0.717, 1.165) is 37.0 Å². The maximum absolute atomic E-state index is 12.1. The van der Waals surface area contributed by atoms with Crippen LogP contribution in [0.15, 0.2) is 18.5 Å². The van der Waals surface area contributed by atoms with Crippen molar-refractivity contribution in [1.29, 1.82) is 0 Å². The molecule has 0 bridgehead atoms. The number of carbonyl (C=O) groups is 1. The summed E-state index contributed by atoms with van der Waals surface area (Å²) < 4.78 is 2.41. The van der Waals surface area contributed by atoms with Crippen molar-refractivity contribution < 1.29 is 4.79 Å². The summed E-state index contributed by atoms with van der Waals surface area (Å²) in [5.74, 6) is 0.140. The standard InChI is InChI=1S/C12H14N4OS/c17-11(15-5-1-2-6-15)8-16-10-3-4-13-7-9(10)14-12(16)18/h3-4,7H,1-2,5-6,8H2,(H,14,18). The molecule has 18 heavy (non-hydrogen) atoms. The molecule has 0 saturated carbocycles. The first-order valence-electron chi connectivity index (χ1n) is 6.06. The van der Waals surface area contributed by atoms with E-state index >= 15 is 0 Å². The third-order valence-corrected chi connectivity index (χ3v) is 3.65. The van der Waals surface area contributed by atoms with Gasteiger partial charge in [-0.15, -0.1) is 0 Å². The molecule has 1 aliphatic heterocycles. The zero-order valence-corrected chi connectivity index (χ0v) is 10.7. The third kappa shape index (κ3) is 1.92. The number of likely N-dealkylation sites (tertiary alicyclic amines) is 1. The Hall–Kier alpha value is -1.69. The van der Waals surface area contributed by atoms with Crippen molar-refractivity contribution in [1.82, 2.24) is 19.4 Å². The number of pyridine rings is 1. The van der Waals surface area contributed by atoms with Crippen LogP contribution in [0, 0.1) is 4.77 Å². The van der Waals surface area contributed by atoms with Crippen molar-refractivity contribution in [2.75, 3.05) is 13.1 Å². The molecule has 0 aromatic carbocycles. The fourth-order valence-corrected chi connectivity index (χ4v) is 2.64. The maximum atomic E-state index is 12.1. The normalized spacial score (nSPS) is 15.4.